The summed E-state index contributed by atoms with van der Waals surface area (Å²) in [6.07, 6.45) is 22.0. The molecule has 5 aliphatic rings. The van der Waals surface area contributed by atoms with Crippen molar-refractivity contribution in [3.05, 3.63) is 119 Å². The van der Waals surface area contributed by atoms with Crippen LogP contribution in [0.5, 0.6) is 5.75 Å². The Hall–Kier alpha value is -3.86. The van der Waals surface area contributed by atoms with Crippen molar-refractivity contribution in [1.82, 2.24) is 0 Å². The summed E-state index contributed by atoms with van der Waals surface area (Å²) in [4.78, 5) is 19.0. The van der Waals surface area contributed by atoms with Gasteiger partial charge >= 0.3 is 0 Å². The van der Waals surface area contributed by atoms with E-state index in [4.69, 9.17) is 19.7 Å². The zero-order valence-electron chi connectivity index (χ0n) is 17.7. The van der Waals surface area contributed by atoms with E-state index in [1.165, 1.54) is 0 Å². The average molecular weight is 478 g/mol. The maximum Gasteiger partial charge on any atom is 0.118 e. The number of benzene rings is 1. The van der Waals surface area contributed by atoms with Gasteiger partial charge in [-0.25, -0.2) is 20.0 Å². The van der Waals surface area contributed by atoms with Crippen LogP contribution in [0, 0.1) is 0 Å². The molecule has 0 atom stereocenters. The van der Waals surface area contributed by atoms with Gasteiger partial charge in [0, 0.05) is 22.6 Å². The van der Waals surface area contributed by atoms with Crippen molar-refractivity contribution in [1.29, 1.82) is 0 Å². The van der Waals surface area contributed by atoms with Gasteiger partial charge in [-0.2, -0.15) is 0 Å². The summed E-state index contributed by atoms with van der Waals surface area (Å²) < 4.78 is 5.31. The van der Waals surface area contributed by atoms with Crippen LogP contribution in [0.1, 0.15) is 5.56 Å². The number of hydrogen-bond donors (Lipinski definition) is 0. The molecule has 1 aromatic carbocycles. The van der Waals surface area contributed by atoms with Crippen molar-refractivity contribution in [2.45, 2.75) is 0 Å². The Morgan fingerprint density at radius 2 is 1.06 bits per heavy atom. The first-order chi connectivity index (χ1) is 15.7. The molecule has 8 bridgehead atoms. The fraction of sp³-hybridized carbons (Fsp3) is 0.0370. The van der Waals surface area contributed by atoms with Gasteiger partial charge in [0.1, 0.15) is 5.75 Å². The smallest absolute Gasteiger partial charge is 0.118 e. The van der Waals surface area contributed by atoms with E-state index in [1.54, 1.807) is 7.11 Å². The maximum atomic E-state index is 5.31. The summed E-state index contributed by atoms with van der Waals surface area (Å²) in [5.74, 6) is 0.822. The van der Waals surface area contributed by atoms with Gasteiger partial charge in [0.15, 0.2) is 0 Å². The van der Waals surface area contributed by atoms with Gasteiger partial charge in [-0.15, -0.1) is 0 Å². The Bertz CT molecular complexity index is 1420. The number of rotatable bonds is 2. The largest absolute Gasteiger partial charge is 0.497 e. The number of nitrogens with zero attached hydrogens (tertiary/aromatic N) is 4. The quantitative estimate of drug-likeness (QED) is 0.546. The van der Waals surface area contributed by atoms with Crippen LogP contribution < -0.4 is 4.74 Å². The first kappa shape index (κ1) is 21.0. The number of ether oxygens (including phenoxy) is 1. The molecule has 1 aromatic rings. The topological polar surface area (TPSA) is 58.7 Å². The van der Waals surface area contributed by atoms with Crippen molar-refractivity contribution >= 4 is 28.4 Å². The molecule has 0 aliphatic carbocycles. The van der Waals surface area contributed by atoms with E-state index in [2.05, 4.69) is 11.1 Å². The molecule has 0 unspecified atom stereocenters. The van der Waals surface area contributed by atoms with Gasteiger partial charge in [0.2, 0.25) is 0 Å². The van der Waals surface area contributed by atoms with E-state index in [1.807, 2.05) is 85.0 Å². The first-order valence-corrected chi connectivity index (χ1v) is 10.3. The third kappa shape index (κ3) is 4.27. The van der Waals surface area contributed by atoms with Crippen molar-refractivity contribution in [3.8, 4) is 5.75 Å². The summed E-state index contributed by atoms with van der Waals surface area (Å²) in [5, 5.41) is 0. The molecule has 6 rings (SSSR count). The summed E-state index contributed by atoms with van der Waals surface area (Å²) in [6.45, 7) is 0. The monoisotopic (exact) mass is 477 g/mol. The zero-order valence-corrected chi connectivity index (χ0v) is 18.6. The van der Waals surface area contributed by atoms with Crippen LogP contribution in [-0.4, -0.2) is 30.0 Å². The molecule has 5 nitrogen and oxygen atoms in total. The van der Waals surface area contributed by atoms with E-state index in [-0.39, 0.29) is 17.1 Å². The number of aliphatic imine (C=N–C) groups is 4. The van der Waals surface area contributed by atoms with Gasteiger partial charge in [-0.3, -0.25) is 0 Å². The van der Waals surface area contributed by atoms with Crippen LogP contribution in [0.4, 0.5) is 0 Å². The van der Waals surface area contributed by atoms with Gasteiger partial charge in [0.25, 0.3) is 0 Å². The predicted molar refractivity (Wildman–Crippen MR) is 130 cm³/mol. The standard InChI is InChI=1S/C27H18N4O.Cu/c1-32-25-10-2-17(3-11-25)26-15-24-14-22-7-6-20(29-22)12-18-4-5-19(28-18)13-21-8-9-23(30-21)16-27(26)31-24;/h2-16H,1H3;. The van der Waals surface area contributed by atoms with Crippen LogP contribution in [0.25, 0.3) is 5.57 Å². The second-order valence-corrected chi connectivity index (χ2v) is 7.67. The van der Waals surface area contributed by atoms with E-state index in [0.717, 1.165) is 62.5 Å². The molecule has 163 valence electrons. The molecule has 0 saturated heterocycles. The van der Waals surface area contributed by atoms with Gasteiger partial charge in [-0.1, -0.05) is 12.1 Å². The Balaban J connectivity index is 0.00000228. The normalized spacial score (nSPS) is 19.5. The number of fused-ring (bicyclic) bond motifs is 4. The van der Waals surface area contributed by atoms with E-state index in [0.29, 0.717) is 0 Å². The second-order valence-electron chi connectivity index (χ2n) is 7.67. The van der Waals surface area contributed by atoms with Gasteiger partial charge < -0.3 is 4.74 Å². The Kier molecular flexibility index (Phi) is 5.46. The average Bonchev–Trinajstić information content (AvgIpc) is 3.59. The van der Waals surface area contributed by atoms with Crippen LogP contribution in [0.3, 0.4) is 0 Å². The first-order valence-electron chi connectivity index (χ1n) is 10.3. The molecule has 0 N–H and O–H groups in total. The van der Waals surface area contributed by atoms with Crippen LogP contribution in [-0.2, 0) is 17.1 Å². The number of allylic oxidation sites excluding steroid dienone is 12. The summed E-state index contributed by atoms with van der Waals surface area (Å²) >= 11 is 0. The fourth-order valence-electron chi connectivity index (χ4n) is 3.90. The van der Waals surface area contributed by atoms with E-state index >= 15 is 0 Å². The molecule has 0 saturated carbocycles. The Morgan fingerprint density at radius 3 is 1.61 bits per heavy atom. The molecule has 0 amide bonds. The Labute approximate surface area is 202 Å². The SMILES string of the molecule is COc1ccc(C2=CC3=NC2=CC2=NC(=CC4=NC(=CC5=NC(=C3)C=C5)C=C4)C=C2)cc1.[Cu]. The van der Waals surface area contributed by atoms with Crippen LogP contribution >= 0.6 is 0 Å². The van der Waals surface area contributed by atoms with Crippen LogP contribution in [0.15, 0.2) is 134 Å². The molecule has 0 spiro atoms. The zero-order chi connectivity index (χ0) is 21.5. The molecular weight excluding hydrogens is 460 g/mol. The number of hydrogen-bond acceptors (Lipinski definition) is 5. The second kappa shape index (κ2) is 8.58. The van der Waals surface area contributed by atoms with Gasteiger partial charge in [0.05, 0.1) is 52.7 Å². The Morgan fingerprint density at radius 1 is 0.545 bits per heavy atom. The van der Waals surface area contributed by atoms with Crippen LogP contribution in [0.2, 0.25) is 0 Å². The van der Waals surface area contributed by atoms with Gasteiger partial charge in [-0.05, 0) is 84.5 Å². The summed E-state index contributed by atoms with van der Waals surface area (Å²) in [6, 6.07) is 8.01. The molecule has 0 aromatic heterocycles. The van der Waals surface area contributed by atoms with Crippen molar-refractivity contribution in [2.24, 2.45) is 20.0 Å². The maximum absolute atomic E-state index is 5.31. The van der Waals surface area contributed by atoms with E-state index < -0.39 is 0 Å². The molecule has 1 radical (unpaired) electrons. The third-order valence-electron chi connectivity index (χ3n) is 5.44. The van der Waals surface area contributed by atoms with Crippen molar-refractivity contribution < 1.29 is 21.8 Å². The van der Waals surface area contributed by atoms with Crippen molar-refractivity contribution in [3.63, 3.8) is 0 Å². The summed E-state index contributed by atoms with van der Waals surface area (Å²) in [7, 11) is 1.67. The molecular formula is C27H18CuN4O. The molecule has 5 heterocycles. The molecule has 5 aliphatic heterocycles. The minimum Gasteiger partial charge on any atom is -0.497 e. The minimum atomic E-state index is 0. The number of methoxy groups -OCH3 is 1. The molecule has 6 heteroatoms. The third-order valence-corrected chi connectivity index (χ3v) is 5.44. The fourth-order valence-corrected chi connectivity index (χ4v) is 3.90. The minimum absolute atomic E-state index is 0. The summed E-state index contributed by atoms with van der Waals surface area (Å²) in [5.41, 5.74) is 9.03. The molecule has 33 heavy (non-hydrogen) atoms. The van der Waals surface area contributed by atoms with E-state index in [9.17, 15) is 0 Å². The molecule has 0 fully saturated rings. The van der Waals surface area contributed by atoms with Crippen molar-refractivity contribution in [2.75, 3.05) is 7.11 Å². The predicted octanol–water partition coefficient (Wildman–Crippen LogP) is 5.11.